The summed E-state index contributed by atoms with van der Waals surface area (Å²) in [5.41, 5.74) is 6.81. The molecule has 3 aromatic heterocycles. The van der Waals surface area contributed by atoms with Crippen molar-refractivity contribution in [3.63, 3.8) is 0 Å². The molecule has 7 nitrogen and oxygen atoms in total. The van der Waals surface area contributed by atoms with Gasteiger partial charge in [-0.05, 0) is 80.3 Å². The Morgan fingerprint density at radius 1 is 1.09 bits per heavy atom. The summed E-state index contributed by atoms with van der Waals surface area (Å²) in [4.78, 5) is 30.1. The van der Waals surface area contributed by atoms with Gasteiger partial charge in [-0.25, -0.2) is 9.97 Å². The average Bonchev–Trinajstić information content (AvgIpc) is 3.51. The second kappa shape index (κ2) is 19.1. The topological polar surface area (TPSA) is 84.7 Å². The molecule has 0 aliphatic carbocycles. The summed E-state index contributed by atoms with van der Waals surface area (Å²) in [6.45, 7) is 20.4. The van der Waals surface area contributed by atoms with E-state index in [1.54, 1.807) is 34.1 Å². The number of hydrogen-bond donors (Lipinski definition) is 2. The van der Waals surface area contributed by atoms with Crippen LogP contribution in [0.25, 0.3) is 22.3 Å². The molecule has 2 N–H and O–H groups in total. The molecule has 0 saturated heterocycles. The van der Waals surface area contributed by atoms with Crippen molar-refractivity contribution in [2.24, 2.45) is 5.92 Å². The van der Waals surface area contributed by atoms with E-state index in [0.717, 1.165) is 45.9 Å². The summed E-state index contributed by atoms with van der Waals surface area (Å²) in [5, 5.41) is 7.72. The molecule has 0 radical (unpaired) electrons. The van der Waals surface area contributed by atoms with Crippen molar-refractivity contribution in [3.8, 4) is 11.3 Å². The van der Waals surface area contributed by atoms with Crippen LogP contribution >= 0.6 is 23.1 Å². The summed E-state index contributed by atoms with van der Waals surface area (Å²) >= 11 is 3.20. The quantitative estimate of drug-likeness (QED) is 0.0777. The van der Waals surface area contributed by atoms with Crippen molar-refractivity contribution in [1.82, 2.24) is 24.8 Å². The number of aryl methyl sites for hydroxylation is 1. The van der Waals surface area contributed by atoms with Crippen LogP contribution in [-0.4, -0.2) is 38.9 Å². The van der Waals surface area contributed by atoms with E-state index in [2.05, 4.69) is 90.6 Å². The van der Waals surface area contributed by atoms with E-state index in [4.69, 9.17) is 4.98 Å². The highest BCUT2D eigenvalue weighted by Crippen LogP contribution is 2.28. The van der Waals surface area contributed by atoms with E-state index >= 15 is 0 Å². The Hall–Kier alpha value is -3.79. The molecule has 250 valence electrons. The van der Waals surface area contributed by atoms with Gasteiger partial charge >= 0.3 is 0 Å². The molecular formula is C38H50N6OS2. The molecule has 0 saturated carbocycles. The fourth-order valence-electron chi connectivity index (χ4n) is 5.22. The van der Waals surface area contributed by atoms with Gasteiger partial charge in [-0.3, -0.25) is 9.36 Å². The Bertz CT molecular complexity index is 1760. The Morgan fingerprint density at radius 3 is 2.40 bits per heavy atom. The summed E-state index contributed by atoms with van der Waals surface area (Å²) in [7, 11) is 0. The minimum Gasteiger partial charge on any atom is -0.324 e. The van der Waals surface area contributed by atoms with Crippen LogP contribution in [0.4, 0.5) is 11.6 Å². The molecule has 5 aromatic rings. The van der Waals surface area contributed by atoms with Gasteiger partial charge in [0.1, 0.15) is 5.65 Å². The molecule has 47 heavy (non-hydrogen) atoms. The number of thiazole rings is 1. The van der Waals surface area contributed by atoms with Crippen molar-refractivity contribution >= 4 is 45.8 Å². The molecule has 1 atom stereocenters. The number of rotatable bonds is 12. The first-order chi connectivity index (χ1) is 22.8. The largest absolute Gasteiger partial charge is 0.324 e. The van der Waals surface area contributed by atoms with E-state index < -0.39 is 0 Å². The summed E-state index contributed by atoms with van der Waals surface area (Å²) in [6, 6.07) is 18.6. The summed E-state index contributed by atoms with van der Waals surface area (Å²) in [6.07, 6.45) is 6.72. The highest BCUT2D eigenvalue weighted by atomic mass is 32.2. The van der Waals surface area contributed by atoms with Crippen LogP contribution in [0.15, 0.2) is 88.6 Å². The van der Waals surface area contributed by atoms with Crippen molar-refractivity contribution in [2.45, 2.75) is 72.2 Å². The Labute approximate surface area is 289 Å². The Morgan fingerprint density at radius 2 is 1.79 bits per heavy atom. The minimum atomic E-state index is -0.113. The van der Waals surface area contributed by atoms with Crippen LogP contribution in [0.2, 0.25) is 0 Å². The van der Waals surface area contributed by atoms with E-state index in [9.17, 15) is 4.79 Å². The minimum absolute atomic E-state index is 0.113. The standard InChI is InChI=1S/C33H38N6OS2.C3H6.C2H6/c1-6-15-34-18-28(21(2)3)23-11-13-26(14-12-23)37-33-35-17-25-16-27(30-22(4)42-20-36-30)32(40)39(31(25)38-33)19-24-9-7-8-10-29(24)41-5;1-3-2;1-2/h7-14,16-17,20-21,28,34H,6,15,18-19H2,1-5H3,(H,35,37,38);3H,1H2,2H3;1-2H3. The third-order valence-corrected chi connectivity index (χ3v) is 9.13. The first kappa shape index (κ1) is 37.7. The molecule has 0 amide bonds. The normalized spacial score (nSPS) is 11.3. The second-order valence-corrected chi connectivity index (χ2v) is 13.1. The SMILES string of the molecule is C=CC.CC.CCCNCC(c1ccc(Nc2ncc3cc(-c4ncsc4C)c(=O)n(Cc4ccccc4SC)c3n2)cc1)C(C)C. The van der Waals surface area contributed by atoms with Gasteiger partial charge in [-0.15, -0.1) is 29.7 Å². The fraction of sp³-hybridized carbons (Fsp3) is 0.368. The molecule has 9 heteroatoms. The van der Waals surface area contributed by atoms with Crippen molar-refractivity contribution < 1.29 is 0 Å². The fourth-order valence-corrected chi connectivity index (χ4v) is 6.42. The van der Waals surface area contributed by atoms with Crippen LogP contribution in [0.3, 0.4) is 0 Å². The highest BCUT2D eigenvalue weighted by Gasteiger charge is 2.18. The molecule has 0 aliphatic heterocycles. The number of hydrogen-bond acceptors (Lipinski definition) is 8. The number of nitrogens with one attached hydrogen (secondary N) is 2. The molecule has 5 rings (SSSR count). The predicted molar refractivity (Wildman–Crippen MR) is 205 cm³/mol. The Kier molecular flexibility index (Phi) is 15.3. The summed E-state index contributed by atoms with van der Waals surface area (Å²) < 4.78 is 1.75. The molecule has 2 aromatic carbocycles. The number of allylic oxidation sites excluding steroid dienone is 1. The first-order valence-corrected chi connectivity index (χ1v) is 18.5. The zero-order chi connectivity index (χ0) is 34.3. The zero-order valence-electron chi connectivity index (χ0n) is 29.1. The molecule has 0 spiro atoms. The maximum atomic E-state index is 14.0. The molecule has 0 bridgehead atoms. The van der Waals surface area contributed by atoms with Gasteiger partial charge < -0.3 is 10.6 Å². The van der Waals surface area contributed by atoms with Gasteiger partial charge in [-0.1, -0.05) is 71.0 Å². The lowest BCUT2D eigenvalue weighted by Crippen LogP contribution is -2.25. The van der Waals surface area contributed by atoms with Crippen molar-refractivity contribution in [2.75, 3.05) is 24.7 Å². The van der Waals surface area contributed by atoms with Crippen LogP contribution in [0.1, 0.15) is 69.9 Å². The van der Waals surface area contributed by atoms with Crippen LogP contribution in [-0.2, 0) is 6.54 Å². The smallest absolute Gasteiger partial charge is 0.262 e. The molecule has 0 aliphatic rings. The maximum absolute atomic E-state index is 14.0. The Balaban J connectivity index is 0.00000114. The number of pyridine rings is 1. The van der Waals surface area contributed by atoms with Gasteiger partial charge in [0.05, 0.1) is 23.3 Å². The number of nitrogens with zero attached hydrogens (tertiary/aromatic N) is 4. The third-order valence-electron chi connectivity index (χ3n) is 7.54. The van der Waals surface area contributed by atoms with Crippen LogP contribution < -0.4 is 16.2 Å². The molecule has 0 fully saturated rings. The first-order valence-electron chi connectivity index (χ1n) is 16.4. The predicted octanol–water partition coefficient (Wildman–Crippen LogP) is 9.69. The third kappa shape index (κ3) is 9.86. The van der Waals surface area contributed by atoms with Gasteiger partial charge in [0.25, 0.3) is 5.56 Å². The highest BCUT2D eigenvalue weighted by molar-refractivity contribution is 7.98. The lowest BCUT2D eigenvalue weighted by Gasteiger charge is -2.22. The zero-order valence-corrected chi connectivity index (χ0v) is 30.8. The van der Waals surface area contributed by atoms with Gasteiger partial charge in [0, 0.05) is 33.6 Å². The van der Waals surface area contributed by atoms with E-state index in [1.165, 1.54) is 16.9 Å². The van der Waals surface area contributed by atoms with Gasteiger partial charge in [0.15, 0.2) is 0 Å². The molecule has 1 unspecified atom stereocenters. The van der Waals surface area contributed by atoms with E-state index in [1.807, 2.05) is 45.9 Å². The lowest BCUT2D eigenvalue weighted by molar-refractivity contribution is 0.462. The monoisotopic (exact) mass is 670 g/mol. The van der Waals surface area contributed by atoms with Crippen LogP contribution in [0, 0.1) is 12.8 Å². The maximum Gasteiger partial charge on any atom is 0.262 e. The van der Waals surface area contributed by atoms with Crippen molar-refractivity contribution in [1.29, 1.82) is 0 Å². The van der Waals surface area contributed by atoms with Crippen LogP contribution in [0.5, 0.6) is 0 Å². The molecule has 3 heterocycles. The average molecular weight is 671 g/mol. The number of benzene rings is 2. The number of aromatic nitrogens is 4. The summed E-state index contributed by atoms with van der Waals surface area (Å²) in [5.74, 6) is 1.42. The number of thioether (sulfide) groups is 1. The van der Waals surface area contributed by atoms with Gasteiger partial charge in [0.2, 0.25) is 5.95 Å². The number of anilines is 2. The van der Waals surface area contributed by atoms with Crippen molar-refractivity contribution in [3.05, 3.63) is 105 Å². The second-order valence-electron chi connectivity index (χ2n) is 11.2. The van der Waals surface area contributed by atoms with E-state index in [0.29, 0.717) is 41.2 Å². The molecular weight excluding hydrogens is 621 g/mol. The lowest BCUT2D eigenvalue weighted by atomic mass is 9.88. The van der Waals surface area contributed by atoms with E-state index in [-0.39, 0.29) is 5.56 Å². The number of fused-ring (bicyclic) bond motifs is 1. The van der Waals surface area contributed by atoms with Gasteiger partial charge in [-0.2, -0.15) is 4.98 Å².